The molecule has 4 heteroatoms. The summed E-state index contributed by atoms with van der Waals surface area (Å²) in [5.74, 6) is 2.45. The predicted molar refractivity (Wildman–Crippen MR) is 148 cm³/mol. The van der Waals surface area contributed by atoms with Crippen LogP contribution in [0.4, 0.5) is 0 Å². The van der Waals surface area contributed by atoms with Crippen molar-refractivity contribution in [3.05, 3.63) is 58.1 Å². The summed E-state index contributed by atoms with van der Waals surface area (Å²) in [5, 5.41) is 0. The molecule has 0 aliphatic heterocycles. The molecule has 0 bridgehead atoms. The van der Waals surface area contributed by atoms with Crippen molar-refractivity contribution in [3.63, 3.8) is 0 Å². The molecule has 0 amide bonds. The van der Waals surface area contributed by atoms with Gasteiger partial charge in [-0.2, -0.15) is 0 Å². The lowest BCUT2D eigenvalue weighted by molar-refractivity contribution is 0.00272. The number of hydrogen-bond donors (Lipinski definition) is 0. The van der Waals surface area contributed by atoms with E-state index in [0.717, 1.165) is 17.9 Å². The van der Waals surface area contributed by atoms with Gasteiger partial charge >= 0.3 is 0 Å². The summed E-state index contributed by atoms with van der Waals surface area (Å²) in [6, 6.07) is 10.7. The topological polar surface area (TPSA) is 27.7 Å². The monoisotopic (exact) mass is 484 g/mol. The Kier molecular flexibility index (Phi) is 10.3. The van der Waals surface area contributed by atoms with Gasteiger partial charge in [-0.3, -0.25) is 0 Å². The van der Waals surface area contributed by atoms with Gasteiger partial charge in [-0.1, -0.05) is 67.5 Å². The highest BCUT2D eigenvalue weighted by atomic mass is 28.4. The van der Waals surface area contributed by atoms with Gasteiger partial charge in [0.25, 0.3) is 8.32 Å². The van der Waals surface area contributed by atoms with Gasteiger partial charge in [0.05, 0.1) is 6.61 Å². The molecule has 2 rings (SSSR count). The summed E-state index contributed by atoms with van der Waals surface area (Å²) in [5.41, 5.74) is 8.28. The molecule has 0 aromatic heterocycles. The van der Waals surface area contributed by atoms with Crippen molar-refractivity contribution in [2.45, 2.75) is 99.2 Å². The number of aryl methyl sites for hydroxylation is 1. The van der Waals surface area contributed by atoms with Crippen molar-refractivity contribution in [2.24, 2.45) is 5.92 Å². The van der Waals surface area contributed by atoms with Crippen LogP contribution >= 0.6 is 0 Å². The average molecular weight is 485 g/mol. The van der Waals surface area contributed by atoms with E-state index in [1.807, 2.05) is 12.1 Å². The van der Waals surface area contributed by atoms with Crippen LogP contribution in [0, 0.1) is 26.7 Å². The molecule has 0 atom stereocenters. The molecule has 0 unspecified atom stereocenters. The van der Waals surface area contributed by atoms with Crippen LogP contribution in [0.25, 0.3) is 0 Å². The lowest BCUT2D eigenvalue weighted by Crippen LogP contribution is -2.50. The van der Waals surface area contributed by atoms with Crippen LogP contribution < -0.4 is 9.16 Å². The van der Waals surface area contributed by atoms with E-state index < -0.39 is 8.32 Å². The molecule has 0 aliphatic rings. The first kappa shape index (κ1) is 28.5. The number of rotatable bonds is 12. The summed E-state index contributed by atoms with van der Waals surface area (Å²) < 4.78 is 18.3. The van der Waals surface area contributed by atoms with Crippen LogP contribution in [-0.2, 0) is 11.2 Å². The first-order valence-corrected chi connectivity index (χ1v) is 15.1. The molecule has 34 heavy (non-hydrogen) atoms. The van der Waals surface area contributed by atoms with Crippen LogP contribution in [0.2, 0.25) is 16.6 Å². The van der Waals surface area contributed by atoms with Gasteiger partial charge in [-0.05, 0) is 95.7 Å². The van der Waals surface area contributed by atoms with E-state index in [1.165, 1.54) is 27.8 Å². The second kappa shape index (κ2) is 12.3. The van der Waals surface area contributed by atoms with Crippen molar-refractivity contribution >= 4 is 8.32 Å². The quantitative estimate of drug-likeness (QED) is 0.171. The molecular weight excluding hydrogens is 436 g/mol. The number of hydrogen-bond acceptors (Lipinski definition) is 3. The van der Waals surface area contributed by atoms with E-state index in [0.29, 0.717) is 35.9 Å². The summed E-state index contributed by atoms with van der Waals surface area (Å²) >= 11 is 0. The Hall–Kier alpha value is -1.78. The molecule has 0 aliphatic carbocycles. The molecule has 0 saturated heterocycles. The van der Waals surface area contributed by atoms with Gasteiger partial charge in [0.1, 0.15) is 11.5 Å². The van der Waals surface area contributed by atoms with Gasteiger partial charge in [0, 0.05) is 0 Å². The minimum absolute atomic E-state index is 0.296. The lowest BCUT2D eigenvalue weighted by Gasteiger charge is -2.43. The third kappa shape index (κ3) is 6.66. The van der Waals surface area contributed by atoms with E-state index in [2.05, 4.69) is 94.4 Å². The zero-order chi connectivity index (χ0) is 25.6. The SMILES string of the molecule is Cc1cc(O[Si](C(C)C)(C(C)C)C(C)C)c(C)c(C)c1Cc1ccc(OCOCC(C)C)cc1. The van der Waals surface area contributed by atoms with E-state index in [-0.39, 0.29) is 0 Å². The Morgan fingerprint density at radius 1 is 0.765 bits per heavy atom. The highest BCUT2D eigenvalue weighted by Crippen LogP contribution is 2.44. The molecule has 0 spiro atoms. The first-order valence-electron chi connectivity index (χ1n) is 13.0. The van der Waals surface area contributed by atoms with Crippen LogP contribution in [0.5, 0.6) is 11.5 Å². The van der Waals surface area contributed by atoms with Crippen molar-refractivity contribution in [3.8, 4) is 11.5 Å². The first-order chi connectivity index (χ1) is 15.9. The molecule has 190 valence electrons. The fourth-order valence-corrected chi connectivity index (χ4v) is 10.6. The van der Waals surface area contributed by atoms with Crippen molar-refractivity contribution < 1.29 is 13.9 Å². The molecule has 0 fully saturated rings. The second-order valence-electron chi connectivity index (χ2n) is 11.2. The van der Waals surface area contributed by atoms with Gasteiger partial charge in [-0.25, -0.2) is 0 Å². The predicted octanol–water partition coefficient (Wildman–Crippen LogP) is 8.77. The number of benzene rings is 2. The van der Waals surface area contributed by atoms with E-state index in [9.17, 15) is 0 Å². The maximum absolute atomic E-state index is 7.07. The summed E-state index contributed by atoms with van der Waals surface area (Å²) in [4.78, 5) is 0. The van der Waals surface area contributed by atoms with Gasteiger partial charge in [0.2, 0.25) is 0 Å². The van der Waals surface area contributed by atoms with E-state index >= 15 is 0 Å². The Labute approximate surface area is 210 Å². The minimum Gasteiger partial charge on any atom is -0.542 e. The molecule has 3 nitrogen and oxygen atoms in total. The smallest absolute Gasteiger partial charge is 0.258 e. The highest BCUT2D eigenvalue weighted by molar-refractivity contribution is 6.78. The van der Waals surface area contributed by atoms with Crippen molar-refractivity contribution in [1.29, 1.82) is 0 Å². The van der Waals surface area contributed by atoms with E-state index in [4.69, 9.17) is 13.9 Å². The standard InChI is InChI=1S/C30H48O3Si/c1-20(2)18-31-19-32-28-14-12-27(13-15-28)17-29-24(9)16-30(26(11)25(29)10)33-34(21(3)4,22(5)6)23(7)8/h12-16,20-23H,17-19H2,1-11H3. The van der Waals surface area contributed by atoms with Crippen LogP contribution in [0.3, 0.4) is 0 Å². The highest BCUT2D eigenvalue weighted by Gasteiger charge is 2.47. The Bertz CT molecular complexity index is 892. The Morgan fingerprint density at radius 2 is 1.32 bits per heavy atom. The molecule has 2 aromatic carbocycles. The molecular formula is C30H48O3Si. The summed E-state index contributed by atoms with van der Waals surface area (Å²) in [6.45, 7) is 26.1. The maximum atomic E-state index is 7.07. The fourth-order valence-electron chi connectivity index (χ4n) is 5.32. The van der Waals surface area contributed by atoms with Crippen LogP contribution in [0.1, 0.15) is 83.2 Å². The van der Waals surface area contributed by atoms with E-state index in [1.54, 1.807) is 0 Å². The molecule has 0 heterocycles. The minimum atomic E-state index is -1.99. The maximum Gasteiger partial charge on any atom is 0.258 e. The average Bonchev–Trinajstić information content (AvgIpc) is 2.75. The third-order valence-corrected chi connectivity index (χ3v) is 13.3. The summed E-state index contributed by atoms with van der Waals surface area (Å²) in [7, 11) is -1.99. The molecule has 0 saturated carbocycles. The molecule has 2 aromatic rings. The zero-order valence-corrected chi connectivity index (χ0v) is 24.5. The molecule has 0 radical (unpaired) electrons. The van der Waals surface area contributed by atoms with Gasteiger partial charge in [0.15, 0.2) is 6.79 Å². The largest absolute Gasteiger partial charge is 0.542 e. The Morgan fingerprint density at radius 3 is 1.82 bits per heavy atom. The van der Waals surface area contributed by atoms with Crippen molar-refractivity contribution in [1.82, 2.24) is 0 Å². The third-order valence-electron chi connectivity index (χ3n) is 7.27. The van der Waals surface area contributed by atoms with Crippen LogP contribution in [-0.4, -0.2) is 21.7 Å². The normalized spacial score (nSPS) is 12.3. The van der Waals surface area contributed by atoms with Crippen LogP contribution in [0.15, 0.2) is 30.3 Å². The fraction of sp³-hybridized carbons (Fsp3) is 0.600. The van der Waals surface area contributed by atoms with Gasteiger partial charge in [-0.15, -0.1) is 0 Å². The second-order valence-corrected chi connectivity index (χ2v) is 16.6. The van der Waals surface area contributed by atoms with Crippen molar-refractivity contribution in [2.75, 3.05) is 13.4 Å². The molecule has 0 N–H and O–H groups in total. The van der Waals surface area contributed by atoms with Gasteiger partial charge < -0.3 is 13.9 Å². The lowest BCUT2D eigenvalue weighted by atomic mass is 9.92. The Balaban J connectivity index is 2.22. The summed E-state index contributed by atoms with van der Waals surface area (Å²) in [6.07, 6.45) is 0.907. The number of ether oxygens (including phenoxy) is 2. The zero-order valence-electron chi connectivity index (χ0n) is 23.5.